The molecule has 0 saturated heterocycles. The number of hydrogen-bond acceptors (Lipinski definition) is 4. The highest BCUT2D eigenvalue weighted by Crippen LogP contribution is 2.19. The molecular formula is C8H9N3O. The Labute approximate surface area is 70.1 Å². The molecule has 0 spiro atoms. The largest absolute Gasteiger partial charge is 0.382 e. The van der Waals surface area contributed by atoms with Gasteiger partial charge in [-0.2, -0.15) is 5.11 Å². The minimum atomic E-state index is -0.920. The fraction of sp³-hybridized carbons (Fsp3) is 0.125. The zero-order valence-electron chi connectivity index (χ0n) is 6.44. The molecule has 1 aromatic heterocycles. The van der Waals surface area contributed by atoms with E-state index in [1.807, 2.05) is 0 Å². The second kappa shape index (κ2) is 3.73. The van der Waals surface area contributed by atoms with Gasteiger partial charge in [0.1, 0.15) is 6.10 Å². The number of hydrogen-bond donors (Lipinski definition) is 2. The third kappa shape index (κ3) is 1.73. The van der Waals surface area contributed by atoms with Gasteiger partial charge in [-0.15, -0.1) is 0 Å². The lowest BCUT2D eigenvalue weighted by molar-refractivity contribution is 0.212. The molecule has 0 amide bonds. The van der Waals surface area contributed by atoms with Crippen molar-refractivity contribution in [1.29, 1.82) is 5.53 Å². The molecule has 1 rings (SSSR count). The average Bonchev–Trinajstić information content (AvgIpc) is 2.17. The van der Waals surface area contributed by atoms with Gasteiger partial charge in [-0.3, -0.25) is 4.98 Å². The zero-order valence-corrected chi connectivity index (χ0v) is 6.44. The van der Waals surface area contributed by atoms with Crippen LogP contribution in [0.1, 0.15) is 11.7 Å². The molecule has 0 aliphatic heterocycles. The van der Waals surface area contributed by atoms with Gasteiger partial charge in [0.15, 0.2) is 0 Å². The summed E-state index contributed by atoms with van der Waals surface area (Å²) < 4.78 is 0. The van der Waals surface area contributed by atoms with Crippen LogP contribution >= 0.6 is 0 Å². The predicted molar refractivity (Wildman–Crippen MR) is 43.5 cm³/mol. The van der Waals surface area contributed by atoms with Crippen molar-refractivity contribution in [2.45, 2.75) is 6.10 Å². The van der Waals surface area contributed by atoms with Crippen LogP contribution < -0.4 is 0 Å². The molecule has 0 saturated carbocycles. The van der Waals surface area contributed by atoms with E-state index in [1.165, 1.54) is 6.20 Å². The Bertz CT molecular complexity index is 284. The summed E-state index contributed by atoms with van der Waals surface area (Å²) in [5, 5.41) is 12.5. The first-order valence-electron chi connectivity index (χ1n) is 3.40. The van der Waals surface area contributed by atoms with Crippen molar-refractivity contribution in [2.75, 3.05) is 0 Å². The highest BCUT2D eigenvalue weighted by molar-refractivity contribution is 5.19. The van der Waals surface area contributed by atoms with Crippen LogP contribution in [0.3, 0.4) is 0 Å². The summed E-state index contributed by atoms with van der Waals surface area (Å²) in [5.41, 5.74) is 7.34. The molecule has 0 aliphatic carbocycles. The average molecular weight is 163 g/mol. The Hall–Kier alpha value is -1.55. The second-order valence-corrected chi connectivity index (χ2v) is 2.29. The molecule has 62 valence electrons. The zero-order chi connectivity index (χ0) is 8.97. The molecule has 0 aromatic carbocycles. The van der Waals surface area contributed by atoms with Gasteiger partial charge in [0.2, 0.25) is 0 Å². The van der Waals surface area contributed by atoms with Crippen molar-refractivity contribution >= 4 is 0 Å². The second-order valence-electron chi connectivity index (χ2n) is 2.29. The van der Waals surface area contributed by atoms with E-state index in [2.05, 4.69) is 16.7 Å². The van der Waals surface area contributed by atoms with E-state index in [4.69, 9.17) is 5.53 Å². The maximum atomic E-state index is 9.44. The normalized spacial score (nSPS) is 12.1. The lowest BCUT2D eigenvalue weighted by atomic mass is 10.1. The summed E-state index contributed by atoms with van der Waals surface area (Å²) in [6, 6.07) is 3.41. The Balaban J connectivity index is 2.85. The van der Waals surface area contributed by atoms with Crippen LogP contribution in [0.5, 0.6) is 0 Å². The summed E-state index contributed by atoms with van der Waals surface area (Å²) in [6.07, 6.45) is 2.20. The van der Waals surface area contributed by atoms with Gasteiger partial charge in [-0.05, 0) is 6.07 Å². The van der Waals surface area contributed by atoms with Gasteiger partial charge in [-0.1, -0.05) is 12.6 Å². The number of rotatable bonds is 3. The van der Waals surface area contributed by atoms with Crippen LogP contribution in [0.25, 0.3) is 0 Å². The van der Waals surface area contributed by atoms with Crippen LogP contribution in [0.2, 0.25) is 0 Å². The molecule has 12 heavy (non-hydrogen) atoms. The van der Waals surface area contributed by atoms with Crippen LogP contribution in [-0.4, -0.2) is 10.1 Å². The fourth-order valence-corrected chi connectivity index (χ4v) is 0.791. The van der Waals surface area contributed by atoms with Crippen molar-refractivity contribution in [1.82, 2.24) is 4.98 Å². The van der Waals surface area contributed by atoms with Crippen molar-refractivity contribution in [3.8, 4) is 0 Å². The standard InChI is InChI=1S/C8H9N3O/c1-6(11-9)8(12)7-3-2-4-10-5-7/h2-5,8-9,12H,1H2. The van der Waals surface area contributed by atoms with Gasteiger partial charge in [0, 0.05) is 18.0 Å². The van der Waals surface area contributed by atoms with Crippen molar-refractivity contribution in [3.63, 3.8) is 0 Å². The first-order valence-corrected chi connectivity index (χ1v) is 3.40. The van der Waals surface area contributed by atoms with Gasteiger partial charge < -0.3 is 5.11 Å². The minimum Gasteiger partial charge on any atom is -0.382 e. The molecular weight excluding hydrogens is 154 g/mol. The van der Waals surface area contributed by atoms with Gasteiger partial charge in [0.05, 0.1) is 5.70 Å². The Morgan fingerprint density at radius 3 is 3.00 bits per heavy atom. The van der Waals surface area contributed by atoms with E-state index in [9.17, 15) is 5.11 Å². The third-order valence-electron chi connectivity index (χ3n) is 1.46. The minimum absolute atomic E-state index is 0.114. The summed E-state index contributed by atoms with van der Waals surface area (Å²) >= 11 is 0. The van der Waals surface area contributed by atoms with E-state index in [0.717, 1.165) is 0 Å². The first-order chi connectivity index (χ1) is 5.75. The highest BCUT2D eigenvalue weighted by Gasteiger charge is 2.09. The molecule has 1 atom stereocenters. The van der Waals surface area contributed by atoms with E-state index in [0.29, 0.717) is 5.56 Å². The lowest BCUT2D eigenvalue weighted by Crippen LogP contribution is -1.98. The van der Waals surface area contributed by atoms with Crippen LogP contribution in [-0.2, 0) is 0 Å². The number of aliphatic hydroxyl groups is 1. The Morgan fingerprint density at radius 2 is 2.50 bits per heavy atom. The topological polar surface area (TPSA) is 69.3 Å². The molecule has 4 heteroatoms. The SMILES string of the molecule is C=C(N=N)C(O)c1cccnc1. The van der Waals surface area contributed by atoms with Crippen molar-refractivity contribution < 1.29 is 5.11 Å². The molecule has 4 nitrogen and oxygen atoms in total. The third-order valence-corrected chi connectivity index (χ3v) is 1.46. The number of aliphatic hydroxyl groups excluding tert-OH is 1. The first kappa shape index (κ1) is 8.55. The van der Waals surface area contributed by atoms with E-state index in [1.54, 1.807) is 18.3 Å². The molecule has 0 aliphatic rings. The molecule has 0 bridgehead atoms. The number of pyridine rings is 1. The van der Waals surface area contributed by atoms with Gasteiger partial charge in [0.25, 0.3) is 0 Å². The number of aromatic nitrogens is 1. The van der Waals surface area contributed by atoms with Gasteiger partial charge in [-0.25, -0.2) is 5.53 Å². The van der Waals surface area contributed by atoms with E-state index >= 15 is 0 Å². The molecule has 2 N–H and O–H groups in total. The predicted octanol–water partition coefficient (Wildman–Crippen LogP) is 1.66. The quantitative estimate of drug-likeness (QED) is 0.665. The van der Waals surface area contributed by atoms with Crippen LogP contribution in [0.4, 0.5) is 0 Å². The van der Waals surface area contributed by atoms with Crippen molar-refractivity contribution in [3.05, 3.63) is 42.4 Å². The monoisotopic (exact) mass is 163 g/mol. The maximum absolute atomic E-state index is 9.44. The molecule has 0 radical (unpaired) electrons. The molecule has 0 fully saturated rings. The van der Waals surface area contributed by atoms with E-state index < -0.39 is 6.10 Å². The molecule has 1 heterocycles. The summed E-state index contributed by atoms with van der Waals surface area (Å²) in [6.45, 7) is 3.42. The summed E-state index contributed by atoms with van der Waals surface area (Å²) in [4.78, 5) is 3.82. The van der Waals surface area contributed by atoms with Crippen LogP contribution in [0, 0.1) is 5.53 Å². The fourth-order valence-electron chi connectivity index (χ4n) is 0.791. The summed E-state index contributed by atoms with van der Waals surface area (Å²) in [7, 11) is 0. The molecule has 1 unspecified atom stereocenters. The van der Waals surface area contributed by atoms with E-state index in [-0.39, 0.29) is 5.70 Å². The number of nitrogens with zero attached hydrogens (tertiary/aromatic N) is 2. The smallest absolute Gasteiger partial charge is 0.124 e. The highest BCUT2D eigenvalue weighted by atomic mass is 16.3. The van der Waals surface area contributed by atoms with Crippen LogP contribution in [0.15, 0.2) is 41.9 Å². The Kier molecular flexibility index (Phi) is 2.66. The lowest BCUT2D eigenvalue weighted by Gasteiger charge is -2.07. The Morgan fingerprint density at radius 1 is 1.75 bits per heavy atom. The summed E-state index contributed by atoms with van der Waals surface area (Å²) in [5.74, 6) is 0. The van der Waals surface area contributed by atoms with Crippen molar-refractivity contribution in [2.24, 2.45) is 5.11 Å². The van der Waals surface area contributed by atoms with Gasteiger partial charge >= 0.3 is 0 Å². The maximum Gasteiger partial charge on any atom is 0.124 e. The number of nitrogens with one attached hydrogen (secondary N) is 1. The molecule has 1 aromatic rings.